The Hall–Kier alpha value is -1.04. The predicted molar refractivity (Wildman–Crippen MR) is 57.1 cm³/mol. The Kier molecular flexibility index (Phi) is 6.08. The van der Waals surface area contributed by atoms with Crippen LogP contribution in [0.15, 0.2) is 48.6 Å². The third-order valence-electron chi connectivity index (χ3n) is 1.75. The smallest absolute Gasteiger partial charge is 0.0234 e. The van der Waals surface area contributed by atoms with Gasteiger partial charge in [0.15, 0.2) is 0 Å². The van der Waals surface area contributed by atoms with Gasteiger partial charge in [-0.25, -0.2) is 0 Å². The van der Waals surface area contributed by atoms with Gasteiger partial charge in [-0.1, -0.05) is 51.3 Å². The SMILES string of the molecule is C=CC(/C=C\CC)=C(\C=C)CC. The Morgan fingerprint density at radius 1 is 1.17 bits per heavy atom. The minimum Gasteiger partial charge on any atom is -0.0988 e. The fourth-order valence-corrected chi connectivity index (χ4v) is 1.02. The van der Waals surface area contributed by atoms with Gasteiger partial charge in [0.05, 0.1) is 0 Å². The summed E-state index contributed by atoms with van der Waals surface area (Å²) in [7, 11) is 0. The lowest BCUT2D eigenvalue weighted by molar-refractivity contribution is 1.13. The molecule has 0 atom stereocenters. The van der Waals surface area contributed by atoms with E-state index in [0.29, 0.717) is 0 Å². The third kappa shape index (κ3) is 3.38. The maximum absolute atomic E-state index is 3.77. The molecule has 12 heavy (non-hydrogen) atoms. The van der Waals surface area contributed by atoms with E-state index in [2.05, 4.69) is 39.2 Å². The van der Waals surface area contributed by atoms with Gasteiger partial charge >= 0.3 is 0 Å². The minimum absolute atomic E-state index is 1.01. The van der Waals surface area contributed by atoms with E-state index in [9.17, 15) is 0 Å². The summed E-state index contributed by atoms with van der Waals surface area (Å²) in [6, 6.07) is 0. The largest absolute Gasteiger partial charge is 0.0988 e. The van der Waals surface area contributed by atoms with Crippen molar-refractivity contribution in [1.82, 2.24) is 0 Å². The molecule has 0 aromatic rings. The van der Waals surface area contributed by atoms with Crippen molar-refractivity contribution >= 4 is 0 Å². The normalized spacial score (nSPS) is 12.8. The number of rotatable bonds is 5. The van der Waals surface area contributed by atoms with Crippen molar-refractivity contribution in [3.8, 4) is 0 Å². The zero-order valence-electron chi connectivity index (χ0n) is 8.14. The quantitative estimate of drug-likeness (QED) is 0.535. The maximum Gasteiger partial charge on any atom is -0.0234 e. The van der Waals surface area contributed by atoms with Crippen molar-refractivity contribution in [1.29, 1.82) is 0 Å². The highest BCUT2D eigenvalue weighted by molar-refractivity contribution is 5.39. The standard InChI is InChI=1S/C12H18/c1-5-9-10-12(8-4)11(6-2)7-3/h6,8-10H,2,4-5,7H2,1,3H3/b10-9-,12-11-. The first-order valence-corrected chi connectivity index (χ1v) is 4.44. The summed E-state index contributed by atoms with van der Waals surface area (Å²) < 4.78 is 0. The fraction of sp³-hybridized carbons (Fsp3) is 0.333. The Morgan fingerprint density at radius 2 is 1.83 bits per heavy atom. The lowest BCUT2D eigenvalue weighted by Gasteiger charge is -2.00. The number of hydrogen-bond donors (Lipinski definition) is 0. The monoisotopic (exact) mass is 162 g/mol. The van der Waals surface area contributed by atoms with Crippen molar-refractivity contribution in [2.24, 2.45) is 0 Å². The Bertz CT molecular complexity index is 204. The molecule has 0 bridgehead atoms. The molecule has 0 aromatic heterocycles. The van der Waals surface area contributed by atoms with Crippen LogP contribution in [0.4, 0.5) is 0 Å². The van der Waals surface area contributed by atoms with E-state index in [1.807, 2.05) is 12.2 Å². The van der Waals surface area contributed by atoms with Crippen LogP contribution in [-0.2, 0) is 0 Å². The summed E-state index contributed by atoms with van der Waals surface area (Å²) in [5.41, 5.74) is 2.45. The maximum atomic E-state index is 3.77. The van der Waals surface area contributed by atoms with Crippen LogP contribution in [0.2, 0.25) is 0 Å². The van der Waals surface area contributed by atoms with Crippen LogP contribution >= 0.6 is 0 Å². The molecule has 0 aliphatic rings. The van der Waals surface area contributed by atoms with Crippen molar-refractivity contribution < 1.29 is 0 Å². The molecule has 0 rings (SSSR count). The molecule has 0 amide bonds. The molecule has 0 spiro atoms. The molecular weight excluding hydrogens is 144 g/mol. The van der Waals surface area contributed by atoms with E-state index in [1.165, 1.54) is 11.1 Å². The summed E-state index contributed by atoms with van der Waals surface area (Å²) in [5, 5.41) is 0. The molecule has 0 fully saturated rings. The van der Waals surface area contributed by atoms with Crippen molar-refractivity contribution in [2.45, 2.75) is 26.7 Å². The second-order valence-electron chi connectivity index (χ2n) is 2.55. The summed E-state index contributed by atoms with van der Waals surface area (Å²) in [5.74, 6) is 0. The molecule has 0 saturated heterocycles. The Labute approximate surface area is 76.0 Å². The van der Waals surface area contributed by atoms with Crippen molar-refractivity contribution in [3.05, 3.63) is 48.6 Å². The highest BCUT2D eigenvalue weighted by Crippen LogP contribution is 2.12. The van der Waals surface area contributed by atoms with Crippen molar-refractivity contribution in [2.75, 3.05) is 0 Å². The van der Waals surface area contributed by atoms with Gasteiger partial charge in [-0.05, 0) is 24.0 Å². The van der Waals surface area contributed by atoms with E-state index in [1.54, 1.807) is 0 Å². The van der Waals surface area contributed by atoms with E-state index < -0.39 is 0 Å². The van der Waals surface area contributed by atoms with E-state index in [4.69, 9.17) is 0 Å². The van der Waals surface area contributed by atoms with Crippen LogP contribution in [0, 0.1) is 0 Å². The van der Waals surface area contributed by atoms with Crippen molar-refractivity contribution in [3.63, 3.8) is 0 Å². The molecule has 0 aliphatic heterocycles. The van der Waals surface area contributed by atoms with Gasteiger partial charge in [-0.15, -0.1) is 0 Å². The highest BCUT2D eigenvalue weighted by atomic mass is 14.0. The molecule has 0 radical (unpaired) electrons. The second-order valence-corrected chi connectivity index (χ2v) is 2.55. The van der Waals surface area contributed by atoms with Crippen LogP contribution in [0.5, 0.6) is 0 Å². The topological polar surface area (TPSA) is 0 Å². The zero-order valence-corrected chi connectivity index (χ0v) is 8.14. The Balaban J connectivity index is 4.68. The van der Waals surface area contributed by atoms with Gasteiger partial charge < -0.3 is 0 Å². The summed E-state index contributed by atoms with van der Waals surface area (Å²) >= 11 is 0. The first-order chi connectivity index (χ1) is 5.79. The molecule has 0 unspecified atom stereocenters. The van der Waals surface area contributed by atoms with Crippen LogP contribution in [0.3, 0.4) is 0 Å². The molecule has 66 valence electrons. The van der Waals surface area contributed by atoms with Gasteiger partial charge in [0.25, 0.3) is 0 Å². The lowest BCUT2D eigenvalue weighted by atomic mass is 10.1. The van der Waals surface area contributed by atoms with Crippen LogP contribution in [0.1, 0.15) is 26.7 Å². The molecule has 0 aliphatic carbocycles. The second kappa shape index (κ2) is 6.66. The molecule has 0 N–H and O–H groups in total. The Morgan fingerprint density at radius 3 is 2.17 bits per heavy atom. The van der Waals surface area contributed by atoms with Gasteiger partial charge in [0.1, 0.15) is 0 Å². The summed E-state index contributed by atoms with van der Waals surface area (Å²) in [6.07, 6.45) is 10.1. The van der Waals surface area contributed by atoms with E-state index >= 15 is 0 Å². The molecule has 0 heterocycles. The first kappa shape index (κ1) is 11.0. The van der Waals surface area contributed by atoms with E-state index in [-0.39, 0.29) is 0 Å². The molecule has 0 heteroatoms. The predicted octanol–water partition coefficient (Wildman–Crippen LogP) is 4.03. The van der Waals surface area contributed by atoms with Gasteiger partial charge in [-0.2, -0.15) is 0 Å². The summed E-state index contributed by atoms with van der Waals surface area (Å²) in [4.78, 5) is 0. The molecule has 0 aromatic carbocycles. The van der Waals surface area contributed by atoms with Crippen LogP contribution in [0.25, 0.3) is 0 Å². The van der Waals surface area contributed by atoms with Gasteiger partial charge in [-0.3, -0.25) is 0 Å². The van der Waals surface area contributed by atoms with Crippen LogP contribution < -0.4 is 0 Å². The average molecular weight is 162 g/mol. The summed E-state index contributed by atoms with van der Waals surface area (Å²) in [6.45, 7) is 11.8. The number of allylic oxidation sites excluding steroid dienone is 6. The molecule has 0 saturated carbocycles. The van der Waals surface area contributed by atoms with Gasteiger partial charge in [0, 0.05) is 0 Å². The first-order valence-electron chi connectivity index (χ1n) is 4.44. The van der Waals surface area contributed by atoms with Crippen LogP contribution in [-0.4, -0.2) is 0 Å². The molecular formula is C12H18. The third-order valence-corrected chi connectivity index (χ3v) is 1.75. The lowest BCUT2D eigenvalue weighted by Crippen LogP contribution is -1.80. The zero-order chi connectivity index (χ0) is 9.40. The van der Waals surface area contributed by atoms with Gasteiger partial charge in [0.2, 0.25) is 0 Å². The van der Waals surface area contributed by atoms with E-state index in [0.717, 1.165) is 12.8 Å². The fourth-order valence-electron chi connectivity index (χ4n) is 1.02. The number of hydrogen-bond acceptors (Lipinski definition) is 0. The highest BCUT2D eigenvalue weighted by Gasteiger charge is 1.92. The average Bonchev–Trinajstić information content (AvgIpc) is 2.12. The minimum atomic E-state index is 1.01. The molecule has 0 nitrogen and oxygen atoms in total.